The quantitative estimate of drug-likeness (QED) is 0.831. The Morgan fingerprint density at radius 2 is 2.35 bits per heavy atom. The Kier molecular flexibility index (Phi) is 4.98. The van der Waals surface area contributed by atoms with Crippen LogP contribution in [-0.4, -0.2) is 57.7 Å². The van der Waals surface area contributed by atoms with Crippen LogP contribution < -0.4 is 0 Å². The second kappa shape index (κ2) is 7.54. The van der Waals surface area contributed by atoms with Gasteiger partial charge in [0.25, 0.3) is 0 Å². The van der Waals surface area contributed by atoms with Crippen molar-refractivity contribution in [1.29, 1.82) is 5.26 Å². The minimum atomic E-state index is -0.255. The lowest BCUT2D eigenvalue weighted by Crippen LogP contribution is -2.44. The molecule has 2 aliphatic rings. The number of nitrogens with zero attached hydrogens (tertiary/aromatic N) is 5. The van der Waals surface area contributed by atoms with Crippen LogP contribution in [-0.2, 0) is 22.6 Å². The summed E-state index contributed by atoms with van der Waals surface area (Å²) in [6.45, 7) is 4.59. The molecule has 136 valence electrons. The highest BCUT2D eigenvalue weighted by molar-refractivity contribution is 5.32. The normalized spacial score (nSPS) is 26.7. The number of rotatable bonds is 4. The molecule has 2 aromatic rings. The first-order valence-corrected chi connectivity index (χ1v) is 9.04. The van der Waals surface area contributed by atoms with E-state index >= 15 is 0 Å². The topological polar surface area (TPSA) is 76.2 Å². The first-order valence-electron chi connectivity index (χ1n) is 9.04. The summed E-state index contributed by atoms with van der Waals surface area (Å²) in [6.07, 6.45) is 5.41. The maximum atomic E-state index is 9.10. The van der Waals surface area contributed by atoms with Crippen molar-refractivity contribution in [2.45, 2.75) is 37.6 Å². The van der Waals surface area contributed by atoms with Gasteiger partial charge in [-0.05, 0) is 30.5 Å². The summed E-state index contributed by atoms with van der Waals surface area (Å²) in [5.74, 6) is 0. The summed E-state index contributed by atoms with van der Waals surface area (Å²) < 4.78 is 14.1. The fraction of sp³-hybridized carbons (Fsp3) is 0.526. The van der Waals surface area contributed by atoms with Crippen molar-refractivity contribution < 1.29 is 9.47 Å². The molecule has 2 saturated heterocycles. The lowest BCUT2D eigenvalue weighted by molar-refractivity contribution is -0.0905. The Bertz CT molecular complexity index is 772. The fourth-order valence-electron chi connectivity index (χ4n) is 3.90. The fourth-order valence-corrected chi connectivity index (χ4v) is 3.90. The molecule has 2 atom stereocenters. The molecule has 0 radical (unpaired) electrons. The molecular weight excluding hydrogens is 330 g/mol. The highest BCUT2D eigenvalue weighted by Gasteiger charge is 2.43. The predicted molar refractivity (Wildman–Crippen MR) is 94.1 cm³/mol. The summed E-state index contributed by atoms with van der Waals surface area (Å²) in [5, 5.41) is 13.3. The number of benzene rings is 1. The molecule has 26 heavy (non-hydrogen) atoms. The van der Waals surface area contributed by atoms with E-state index in [1.807, 2.05) is 22.9 Å². The monoisotopic (exact) mass is 353 g/mol. The minimum absolute atomic E-state index is 0.141. The average molecular weight is 353 g/mol. The van der Waals surface area contributed by atoms with Crippen LogP contribution in [0.4, 0.5) is 0 Å². The lowest BCUT2D eigenvalue weighted by atomic mass is 9.99. The second-order valence-electron chi connectivity index (χ2n) is 7.15. The largest absolute Gasteiger partial charge is 0.377 e. The van der Waals surface area contributed by atoms with E-state index in [9.17, 15) is 0 Å². The first kappa shape index (κ1) is 17.2. The molecule has 0 saturated carbocycles. The molecule has 7 nitrogen and oxygen atoms in total. The Balaban J connectivity index is 1.42. The zero-order valence-electron chi connectivity index (χ0n) is 14.8. The predicted octanol–water partition coefficient (Wildman–Crippen LogP) is 1.60. The van der Waals surface area contributed by atoms with Crippen molar-refractivity contribution >= 4 is 0 Å². The maximum absolute atomic E-state index is 9.10. The molecule has 0 N–H and O–H groups in total. The van der Waals surface area contributed by atoms with Gasteiger partial charge in [-0.3, -0.25) is 9.58 Å². The van der Waals surface area contributed by atoms with E-state index in [4.69, 9.17) is 14.7 Å². The van der Waals surface area contributed by atoms with Gasteiger partial charge in [-0.15, -0.1) is 0 Å². The molecule has 0 aliphatic carbocycles. The van der Waals surface area contributed by atoms with Gasteiger partial charge in [-0.25, -0.2) is 4.98 Å². The molecule has 1 spiro atoms. The second-order valence-corrected chi connectivity index (χ2v) is 7.15. The molecule has 0 amide bonds. The van der Waals surface area contributed by atoms with Crippen molar-refractivity contribution in [3.05, 3.63) is 48.0 Å². The van der Waals surface area contributed by atoms with Crippen LogP contribution in [0.15, 0.2) is 36.9 Å². The Morgan fingerprint density at radius 3 is 3.19 bits per heavy atom. The number of hydrogen-bond acceptors (Lipinski definition) is 6. The summed E-state index contributed by atoms with van der Waals surface area (Å²) in [5.41, 5.74) is 1.60. The van der Waals surface area contributed by atoms with Gasteiger partial charge in [-0.2, -0.15) is 10.4 Å². The summed E-state index contributed by atoms with van der Waals surface area (Å²) in [6, 6.07) is 10.0. The number of hydrogen-bond donors (Lipinski definition) is 0. The van der Waals surface area contributed by atoms with Crippen LogP contribution >= 0.6 is 0 Å². The molecular formula is C19H23N5O2. The summed E-state index contributed by atoms with van der Waals surface area (Å²) in [4.78, 5) is 6.37. The van der Waals surface area contributed by atoms with Gasteiger partial charge in [0.2, 0.25) is 0 Å². The summed E-state index contributed by atoms with van der Waals surface area (Å²) in [7, 11) is 0. The number of ether oxygens (including phenoxy) is 2. The maximum Gasteiger partial charge on any atom is 0.137 e. The van der Waals surface area contributed by atoms with Crippen LogP contribution in [0.5, 0.6) is 0 Å². The zero-order valence-corrected chi connectivity index (χ0v) is 14.8. The van der Waals surface area contributed by atoms with E-state index in [1.54, 1.807) is 12.7 Å². The van der Waals surface area contributed by atoms with Crippen molar-refractivity contribution in [1.82, 2.24) is 19.7 Å². The van der Waals surface area contributed by atoms with E-state index < -0.39 is 0 Å². The highest BCUT2D eigenvalue weighted by atomic mass is 16.6. The van der Waals surface area contributed by atoms with Crippen molar-refractivity contribution in [2.24, 2.45) is 0 Å². The molecule has 2 fully saturated rings. The van der Waals surface area contributed by atoms with E-state index in [1.165, 1.54) is 0 Å². The molecule has 1 aromatic carbocycles. The van der Waals surface area contributed by atoms with Gasteiger partial charge >= 0.3 is 0 Å². The Morgan fingerprint density at radius 1 is 1.38 bits per heavy atom. The van der Waals surface area contributed by atoms with Gasteiger partial charge in [0.1, 0.15) is 18.3 Å². The average Bonchev–Trinajstić information content (AvgIpc) is 3.25. The van der Waals surface area contributed by atoms with Gasteiger partial charge in [0, 0.05) is 19.6 Å². The molecule has 2 aliphatic heterocycles. The van der Waals surface area contributed by atoms with Crippen LogP contribution in [0.25, 0.3) is 0 Å². The Hall–Kier alpha value is -2.27. The van der Waals surface area contributed by atoms with E-state index in [-0.39, 0.29) is 11.7 Å². The molecule has 1 aromatic heterocycles. The standard InChI is InChI=1S/C19H23N5O2/c20-9-16-2-1-3-17(8-16)10-23-6-7-25-13-19(12-23)5-4-18(26-19)11-24-15-21-14-22-24/h1-3,8,14-15,18H,4-7,10-13H2/t18-,19-/m0/s1. The highest BCUT2D eigenvalue weighted by Crippen LogP contribution is 2.34. The SMILES string of the molecule is N#Cc1cccc(CN2CCOC[C@]3(CC[C@@H](Cn4cncn4)O3)C2)c1. The number of nitriles is 1. The van der Waals surface area contributed by atoms with Crippen molar-refractivity contribution in [2.75, 3.05) is 26.3 Å². The third kappa shape index (κ3) is 3.93. The van der Waals surface area contributed by atoms with E-state index in [0.29, 0.717) is 18.8 Å². The Labute approximate surface area is 153 Å². The minimum Gasteiger partial charge on any atom is -0.377 e. The molecule has 7 heteroatoms. The van der Waals surface area contributed by atoms with E-state index in [2.05, 4.69) is 27.1 Å². The van der Waals surface area contributed by atoms with Gasteiger partial charge in [0.15, 0.2) is 0 Å². The zero-order chi connectivity index (χ0) is 17.8. The third-order valence-corrected chi connectivity index (χ3v) is 5.09. The van der Waals surface area contributed by atoms with Crippen LogP contribution in [0.2, 0.25) is 0 Å². The van der Waals surface area contributed by atoms with Crippen LogP contribution in [0.3, 0.4) is 0 Å². The lowest BCUT2D eigenvalue weighted by Gasteiger charge is -2.32. The molecule has 3 heterocycles. The van der Waals surface area contributed by atoms with Crippen molar-refractivity contribution in [3.63, 3.8) is 0 Å². The molecule has 0 unspecified atom stereocenters. The van der Waals surface area contributed by atoms with Crippen LogP contribution in [0.1, 0.15) is 24.0 Å². The molecule has 4 rings (SSSR count). The van der Waals surface area contributed by atoms with Crippen molar-refractivity contribution in [3.8, 4) is 6.07 Å². The first-order chi connectivity index (χ1) is 12.7. The van der Waals surface area contributed by atoms with Gasteiger partial charge < -0.3 is 9.47 Å². The third-order valence-electron chi connectivity index (χ3n) is 5.09. The van der Waals surface area contributed by atoms with Gasteiger partial charge in [-0.1, -0.05) is 12.1 Å². The van der Waals surface area contributed by atoms with Gasteiger partial charge in [0.05, 0.1) is 37.5 Å². The smallest absolute Gasteiger partial charge is 0.137 e. The van der Waals surface area contributed by atoms with Crippen LogP contribution in [0, 0.1) is 11.3 Å². The number of aromatic nitrogens is 3. The summed E-state index contributed by atoms with van der Waals surface area (Å²) >= 11 is 0. The van der Waals surface area contributed by atoms with E-state index in [0.717, 1.165) is 44.6 Å². The molecule has 0 bridgehead atoms.